The second-order valence-corrected chi connectivity index (χ2v) is 7.68. The highest BCUT2D eigenvalue weighted by atomic mass is 35.5. The van der Waals surface area contributed by atoms with E-state index in [4.69, 9.17) is 32.7 Å². The number of hydrogen-bond donors (Lipinski definition) is 1. The quantitative estimate of drug-likeness (QED) is 0.796. The van der Waals surface area contributed by atoms with Crippen molar-refractivity contribution in [1.29, 1.82) is 0 Å². The van der Waals surface area contributed by atoms with Crippen LogP contribution in [0.4, 0.5) is 4.79 Å². The molecule has 0 unspecified atom stereocenters. The number of carbonyl (C=O) groups excluding carboxylic acids is 1. The smallest absolute Gasteiger partial charge is 0.407 e. The SMILES string of the molecule is CC(C)(C)OC(=O)N[C@H]1CC[C@H](COc2c(Cl)ncnc2Cl)CC1. The number of rotatable bonds is 4. The summed E-state index contributed by atoms with van der Waals surface area (Å²) in [4.78, 5) is 19.5. The van der Waals surface area contributed by atoms with Gasteiger partial charge in [0.15, 0.2) is 16.1 Å². The van der Waals surface area contributed by atoms with Gasteiger partial charge in [0.2, 0.25) is 0 Å². The normalized spacial score (nSPS) is 21.2. The Hall–Kier alpha value is -1.27. The van der Waals surface area contributed by atoms with Gasteiger partial charge in [-0.15, -0.1) is 0 Å². The van der Waals surface area contributed by atoms with Crippen molar-refractivity contribution in [1.82, 2.24) is 15.3 Å². The van der Waals surface area contributed by atoms with Crippen LogP contribution in [-0.4, -0.2) is 34.3 Å². The Morgan fingerprint density at radius 3 is 2.33 bits per heavy atom. The molecule has 2 rings (SSSR count). The van der Waals surface area contributed by atoms with Crippen molar-refractivity contribution in [2.24, 2.45) is 5.92 Å². The van der Waals surface area contributed by atoms with Gasteiger partial charge in [0, 0.05) is 6.04 Å². The number of carbonyl (C=O) groups is 1. The maximum absolute atomic E-state index is 11.8. The first kappa shape index (κ1) is 19.1. The lowest BCUT2D eigenvalue weighted by Crippen LogP contribution is -2.41. The Morgan fingerprint density at radius 1 is 1.21 bits per heavy atom. The molecule has 0 bridgehead atoms. The maximum atomic E-state index is 11.8. The molecule has 6 nitrogen and oxygen atoms in total. The first-order chi connectivity index (χ1) is 11.2. The third-order valence-electron chi connectivity index (χ3n) is 3.75. The van der Waals surface area contributed by atoms with Crippen LogP contribution in [0.5, 0.6) is 5.75 Å². The number of alkyl carbamates (subject to hydrolysis) is 1. The fourth-order valence-electron chi connectivity index (χ4n) is 2.60. The maximum Gasteiger partial charge on any atom is 0.407 e. The zero-order valence-corrected chi connectivity index (χ0v) is 15.7. The van der Waals surface area contributed by atoms with Crippen LogP contribution in [0.15, 0.2) is 6.33 Å². The molecular formula is C16H23Cl2N3O3. The Bertz CT molecular complexity index is 550. The van der Waals surface area contributed by atoms with Crippen LogP contribution >= 0.6 is 23.2 Å². The Kier molecular flexibility index (Phi) is 6.52. The Balaban J connectivity index is 1.74. The van der Waals surface area contributed by atoms with Crippen molar-refractivity contribution in [2.75, 3.05) is 6.61 Å². The number of nitrogens with zero attached hydrogens (tertiary/aromatic N) is 2. The molecule has 0 atom stereocenters. The molecule has 8 heteroatoms. The molecular weight excluding hydrogens is 353 g/mol. The summed E-state index contributed by atoms with van der Waals surface area (Å²) in [5.74, 6) is 0.712. The second kappa shape index (κ2) is 8.21. The fourth-order valence-corrected chi connectivity index (χ4v) is 3.02. The van der Waals surface area contributed by atoms with Crippen LogP contribution in [0.1, 0.15) is 46.5 Å². The van der Waals surface area contributed by atoms with E-state index in [9.17, 15) is 4.79 Å². The number of amides is 1. The monoisotopic (exact) mass is 375 g/mol. The highest BCUT2D eigenvalue weighted by molar-refractivity contribution is 6.35. The van der Waals surface area contributed by atoms with Gasteiger partial charge in [-0.05, 0) is 52.4 Å². The summed E-state index contributed by atoms with van der Waals surface area (Å²) in [5.41, 5.74) is -0.481. The molecule has 1 heterocycles. The van der Waals surface area contributed by atoms with Crippen LogP contribution in [0.25, 0.3) is 0 Å². The van der Waals surface area contributed by atoms with Gasteiger partial charge < -0.3 is 14.8 Å². The predicted molar refractivity (Wildman–Crippen MR) is 92.7 cm³/mol. The van der Waals surface area contributed by atoms with E-state index in [1.165, 1.54) is 6.33 Å². The molecule has 1 amide bonds. The third kappa shape index (κ3) is 5.98. The Labute approximate surface area is 152 Å². The largest absolute Gasteiger partial charge is 0.487 e. The van der Waals surface area contributed by atoms with Crippen molar-refractivity contribution >= 4 is 29.3 Å². The molecule has 1 N–H and O–H groups in total. The summed E-state index contributed by atoms with van der Waals surface area (Å²) in [6, 6.07) is 0.142. The van der Waals surface area contributed by atoms with E-state index >= 15 is 0 Å². The van der Waals surface area contributed by atoms with Crippen molar-refractivity contribution in [3.63, 3.8) is 0 Å². The molecule has 1 fully saturated rings. The number of hydrogen-bond acceptors (Lipinski definition) is 5. The number of nitrogens with one attached hydrogen (secondary N) is 1. The lowest BCUT2D eigenvalue weighted by atomic mass is 9.86. The van der Waals surface area contributed by atoms with Gasteiger partial charge in [0.25, 0.3) is 0 Å². The van der Waals surface area contributed by atoms with E-state index in [0.29, 0.717) is 18.3 Å². The number of halogens is 2. The first-order valence-electron chi connectivity index (χ1n) is 8.03. The van der Waals surface area contributed by atoms with Crippen LogP contribution in [0.2, 0.25) is 10.3 Å². The molecule has 1 aliphatic carbocycles. The van der Waals surface area contributed by atoms with Crippen LogP contribution in [0, 0.1) is 5.92 Å². The van der Waals surface area contributed by atoms with E-state index < -0.39 is 5.60 Å². The molecule has 1 aromatic rings. The van der Waals surface area contributed by atoms with Gasteiger partial charge >= 0.3 is 6.09 Å². The fraction of sp³-hybridized carbons (Fsp3) is 0.688. The van der Waals surface area contributed by atoms with E-state index in [1.807, 2.05) is 20.8 Å². The average molecular weight is 376 g/mol. The third-order valence-corrected chi connectivity index (χ3v) is 4.29. The van der Waals surface area contributed by atoms with Crippen molar-refractivity contribution in [2.45, 2.75) is 58.1 Å². The average Bonchev–Trinajstić information content (AvgIpc) is 2.46. The molecule has 1 saturated carbocycles. The zero-order chi connectivity index (χ0) is 17.7. The van der Waals surface area contributed by atoms with Gasteiger partial charge in [-0.25, -0.2) is 14.8 Å². The molecule has 0 saturated heterocycles. The first-order valence-corrected chi connectivity index (χ1v) is 8.78. The highest BCUT2D eigenvalue weighted by Gasteiger charge is 2.25. The van der Waals surface area contributed by atoms with E-state index in [2.05, 4.69) is 15.3 Å². The summed E-state index contributed by atoms with van der Waals surface area (Å²) in [6.07, 6.45) is 4.61. The lowest BCUT2D eigenvalue weighted by molar-refractivity contribution is 0.0483. The number of aromatic nitrogens is 2. The second-order valence-electron chi connectivity index (χ2n) is 6.96. The van der Waals surface area contributed by atoms with Gasteiger partial charge in [0.05, 0.1) is 6.61 Å². The minimum atomic E-state index is -0.481. The van der Waals surface area contributed by atoms with Crippen LogP contribution in [0.3, 0.4) is 0 Å². The van der Waals surface area contributed by atoms with Crippen molar-refractivity contribution < 1.29 is 14.3 Å². The minimum Gasteiger partial charge on any atom is -0.487 e. The van der Waals surface area contributed by atoms with Gasteiger partial charge in [0.1, 0.15) is 11.9 Å². The van der Waals surface area contributed by atoms with Gasteiger partial charge in [-0.3, -0.25) is 0 Å². The van der Waals surface area contributed by atoms with Crippen LogP contribution < -0.4 is 10.1 Å². The molecule has 0 radical (unpaired) electrons. The zero-order valence-electron chi connectivity index (χ0n) is 14.1. The summed E-state index contributed by atoms with van der Waals surface area (Å²) >= 11 is 11.9. The van der Waals surface area contributed by atoms with E-state index in [1.54, 1.807) is 0 Å². The standard InChI is InChI=1S/C16H23Cl2N3O3/c1-16(2,3)24-15(22)21-11-6-4-10(5-7-11)8-23-12-13(17)19-9-20-14(12)18/h9-11H,4-8H2,1-3H3,(H,21,22)/t10-,11-. The lowest BCUT2D eigenvalue weighted by Gasteiger charge is -2.30. The Morgan fingerprint density at radius 2 is 1.79 bits per heavy atom. The van der Waals surface area contributed by atoms with Crippen molar-refractivity contribution in [3.8, 4) is 5.75 Å². The minimum absolute atomic E-state index is 0.142. The predicted octanol–water partition coefficient (Wildman–Crippen LogP) is 4.25. The molecule has 0 aliphatic heterocycles. The van der Waals surface area contributed by atoms with E-state index in [-0.39, 0.29) is 22.4 Å². The summed E-state index contributed by atoms with van der Waals surface area (Å²) in [7, 11) is 0. The van der Waals surface area contributed by atoms with Crippen LogP contribution in [-0.2, 0) is 4.74 Å². The molecule has 1 aromatic heterocycles. The summed E-state index contributed by atoms with van der Waals surface area (Å²) in [6.45, 7) is 6.06. The van der Waals surface area contributed by atoms with E-state index in [0.717, 1.165) is 25.7 Å². The molecule has 1 aliphatic rings. The summed E-state index contributed by atoms with van der Waals surface area (Å²) in [5, 5.41) is 3.36. The summed E-state index contributed by atoms with van der Waals surface area (Å²) < 4.78 is 11.0. The van der Waals surface area contributed by atoms with Gasteiger partial charge in [-0.1, -0.05) is 23.2 Å². The number of ether oxygens (including phenoxy) is 2. The van der Waals surface area contributed by atoms with Crippen molar-refractivity contribution in [3.05, 3.63) is 16.6 Å². The molecule has 0 aromatic carbocycles. The van der Waals surface area contributed by atoms with Gasteiger partial charge in [-0.2, -0.15) is 0 Å². The molecule has 134 valence electrons. The molecule has 0 spiro atoms. The molecule has 24 heavy (non-hydrogen) atoms. The topological polar surface area (TPSA) is 73.3 Å². The highest BCUT2D eigenvalue weighted by Crippen LogP contribution is 2.31.